The molecule has 0 N–H and O–H groups in total. The Balaban J connectivity index is 1.45. The Labute approximate surface area is 165 Å². The zero-order valence-electron chi connectivity index (χ0n) is 15.2. The van der Waals surface area contributed by atoms with Gasteiger partial charge in [-0.2, -0.15) is 0 Å². The molecule has 2 fully saturated rings. The number of carbonyl (C=O) groups excluding carboxylic acids is 3. The fraction of sp³-hybridized carbons (Fsp3) is 0.286. The summed E-state index contributed by atoms with van der Waals surface area (Å²) in [5.74, 6) is -0.313. The molecule has 0 aliphatic carbocycles. The quantitative estimate of drug-likeness (QED) is 0.448. The largest absolute Gasteiger partial charge is 0.425 e. The molecule has 2 heterocycles. The summed E-state index contributed by atoms with van der Waals surface area (Å²) in [6, 6.07) is 10.9. The second kappa shape index (κ2) is 7.05. The van der Waals surface area contributed by atoms with Gasteiger partial charge in [-0.25, -0.2) is 9.18 Å². The van der Waals surface area contributed by atoms with Crippen LogP contribution in [0.5, 0.6) is 5.75 Å². The van der Waals surface area contributed by atoms with Crippen molar-refractivity contribution in [3.8, 4) is 5.75 Å². The molecule has 0 unspecified atom stereocenters. The van der Waals surface area contributed by atoms with Crippen LogP contribution >= 0.6 is 11.8 Å². The number of ketones is 1. The lowest BCUT2D eigenvalue weighted by Crippen LogP contribution is -2.47. The van der Waals surface area contributed by atoms with Crippen molar-refractivity contribution in [3.63, 3.8) is 0 Å². The Hall–Kier alpha value is -2.67. The molecule has 0 bridgehead atoms. The van der Waals surface area contributed by atoms with Gasteiger partial charge in [0, 0.05) is 23.3 Å². The van der Waals surface area contributed by atoms with E-state index in [-0.39, 0.29) is 16.6 Å². The predicted molar refractivity (Wildman–Crippen MR) is 103 cm³/mol. The maximum atomic E-state index is 13.0. The van der Waals surface area contributed by atoms with Crippen LogP contribution in [-0.4, -0.2) is 39.2 Å². The zero-order valence-corrected chi connectivity index (χ0v) is 16.0. The number of thioether (sulfide) groups is 1. The minimum absolute atomic E-state index is 0.0188. The van der Waals surface area contributed by atoms with Gasteiger partial charge in [-0.05, 0) is 61.9 Å². The maximum Gasteiger partial charge on any atom is 0.335 e. The second-order valence-corrected chi connectivity index (χ2v) is 8.55. The van der Waals surface area contributed by atoms with Crippen molar-refractivity contribution in [1.82, 2.24) is 4.90 Å². The van der Waals surface area contributed by atoms with Gasteiger partial charge in [0.2, 0.25) is 5.91 Å². The summed E-state index contributed by atoms with van der Waals surface area (Å²) in [6.07, 6.45) is 1.19. The van der Waals surface area contributed by atoms with Crippen molar-refractivity contribution in [2.75, 3.05) is 5.75 Å². The molecule has 0 aromatic heterocycles. The van der Waals surface area contributed by atoms with E-state index in [0.29, 0.717) is 29.1 Å². The number of ether oxygens (including phenoxy) is 1. The van der Waals surface area contributed by atoms with Crippen molar-refractivity contribution in [2.24, 2.45) is 0 Å². The summed E-state index contributed by atoms with van der Waals surface area (Å²) in [7, 11) is 0. The van der Waals surface area contributed by atoms with Gasteiger partial charge in [0.25, 0.3) is 0 Å². The molecule has 0 saturated carbocycles. The lowest BCUT2D eigenvalue weighted by atomic mass is 10.0. The van der Waals surface area contributed by atoms with Crippen LogP contribution in [0.25, 0.3) is 0 Å². The number of benzene rings is 2. The van der Waals surface area contributed by atoms with Gasteiger partial charge in [0.15, 0.2) is 5.78 Å². The molecule has 1 amide bonds. The molecule has 5 nitrogen and oxygen atoms in total. The highest BCUT2D eigenvalue weighted by Crippen LogP contribution is 2.47. The van der Waals surface area contributed by atoms with Gasteiger partial charge in [-0.3, -0.25) is 9.59 Å². The number of hydrogen-bond acceptors (Lipinski definition) is 5. The van der Waals surface area contributed by atoms with E-state index >= 15 is 0 Å². The van der Waals surface area contributed by atoms with E-state index < -0.39 is 17.8 Å². The van der Waals surface area contributed by atoms with Crippen LogP contribution < -0.4 is 4.74 Å². The number of amides is 1. The van der Waals surface area contributed by atoms with E-state index in [1.54, 1.807) is 40.9 Å². The Kier molecular flexibility index (Phi) is 4.71. The first-order chi connectivity index (χ1) is 13.4. The molecule has 7 heteroatoms. The van der Waals surface area contributed by atoms with E-state index in [1.807, 2.05) is 6.92 Å². The second-order valence-electron chi connectivity index (χ2n) is 7.05. The minimum atomic E-state index is -0.592. The van der Waals surface area contributed by atoms with Crippen molar-refractivity contribution in [2.45, 2.75) is 30.7 Å². The molecule has 2 aromatic carbocycles. The third kappa shape index (κ3) is 3.30. The standard InChI is InChI=1S/C21H18FNO4S/c1-21-11-10-18(24)23(21)17(12-28-21)20(26)27-16-8-4-14(5-9-16)19(25)13-2-6-15(22)7-3-13/h2-9,17H,10-12H2,1H3/t17-,21+/m1/s1. The SMILES string of the molecule is C[C@]12CCC(=O)N1[C@@H](C(=O)Oc1ccc(C(=O)c3ccc(F)cc3)cc1)CS2. The number of rotatable bonds is 4. The summed E-state index contributed by atoms with van der Waals surface area (Å²) in [5, 5.41) is 0. The topological polar surface area (TPSA) is 63.7 Å². The highest BCUT2D eigenvalue weighted by molar-refractivity contribution is 8.01. The highest BCUT2D eigenvalue weighted by atomic mass is 32.2. The van der Waals surface area contributed by atoms with Crippen molar-refractivity contribution in [1.29, 1.82) is 0 Å². The third-order valence-corrected chi connectivity index (χ3v) is 6.66. The average molecular weight is 399 g/mol. The summed E-state index contributed by atoms with van der Waals surface area (Å²) in [4.78, 5) is 38.5. The summed E-state index contributed by atoms with van der Waals surface area (Å²) >= 11 is 1.60. The van der Waals surface area contributed by atoms with E-state index in [4.69, 9.17) is 4.74 Å². The van der Waals surface area contributed by atoms with Gasteiger partial charge < -0.3 is 9.64 Å². The number of fused-ring (bicyclic) bond motifs is 1. The number of nitrogens with zero attached hydrogens (tertiary/aromatic N) is 1. The molecular weight excluding hydrogens is 381 g/mol. The monoisotopic (exact) mass is 399 g/mol. The van der Waals surface area contributed by atoms with E-state index in [2.05, 4.69) is 0 Å². The van der Waals surface area contributed by atoms with Crippen molar-refractivity contribution in [3.05, 3.63) is 65.5 Å². The fourth-order valence-electron chi connectivity index (χ4n) is 3.62. The summed E-state index contributed by atoms with van der Waals surface area (Å²) in [6.45, 7) is 1.98. The Morgan fingerprint density at radius 2 is 1.71 bits per heavy atom. The van der Waals surface area contributed by atoms with Gasteiger partial charge in [-0.15, -0.1) is 11.8 Å². The molecule has 28 heavy (non-hydrogen) atoms. The molecule has 0 radical (unpaired) electrons. The van der Waals surface area contributed by atoms with Crippen LogP contribution in [0, 0.1) is 5.82 Å². The van der Waals surface area contributed by atoms with Crippen molar-refractivity contribution < 1.29 is 23.5 Å². The molecule has 2 aromatic rings. The first kappa shape index (κ1) is 18.7. The Morgan fingerprint density at radius 1 is 1.11 bits per heavy atom. The van der Waals surface area contributed by atoms with E-state index in [9.17, 15) is 18.8 Å². The summed E-state index contributed by atoms with van der Waals surface area (Å²) < 4.78 is 18.4. The first-order valence-corrected chi connectivity index (χ1v) is 9.94. The molecule has 2 saturated heterocycles. The Bertz CT molecular complexity index is 944. The highest BCUT2D eigenvalue weighted by Gasteiger charge is 2.53. The number of carbonyl (C=O) groups is 3. The van der Waals surface area contributed by atoms with Gasteiger partial charge in [0.05, 0.1) is 4.87 Å². The molecular formula is C21H18FNO4S. The fourth-order valence-corrected chi connectivity index (χ4v) is 5.04. The van der Waals surface area contributed by atoms with Crippen LogP contribution in [0.1, 0.15) is 35.7 Å². The third-order valence-electron chi connectivity index (χ3n) is 5.16. The van der Waals surface area contributed by atoms with Crippen LogP contribution in [-0.2, 0) is 9.59 Å². The predicted octanol–water partition coefficient (Wildman–Crippen LogP) is 3.42. The molecule has 2 aliphatic heterocycles. The molecule has 0 spiro atoms. The van der Waals surface area contributed by atoms with E-state index in [0.717, 1.165) is 6.42 Å². The van der Waals surface area contributed by atoms with E-state index in [1.165, 1.54) is 24.3 Å². The van der Waals surface area contributed by atoms with Crippen molar-refractivity contribution >= 4 is 29.4 Å². The first-order valence-electron chi connectivity index (χ1n) is 8.95. The average Bonchev–Trinajstić information content (AvgIpc) is 3.18. The van der Waals surface area contributed by atoms with Crippen LogP contribution in [0.2, 0.25) is 0 Å². The zero-order chi connectivity index (χ0) is 19.9. The number of hydrogen-bond donors (Lipinski definition) is 0. The number of halogens is 1. The normalized spacial score (nSPS) is 23.6. The lowest BCUT2D eigenvalue weighted by Gasteiger charge is -2.29. The molecule has 144 valence electrons. The number of esters is 1. The molecule has 2 atom stereocenters. The Morgan fingerprint density at radius 3 is 2.36 bits per heavy atom. The summed E-state index contributed by atoms with van der Waals surface area (Å²) in [5.41, 5.74) is 0.783. The molecule has 2 aliphatic rings. The lowest BCUT2D eigenvalue weighted by molar-refractivity contribution is -0.146. The van der Waals surface area contributed by atoms with Crippen LogP contribution in [0.3, 0.4) is 0 Å². The smallest absolute Gasteiger partial charge is 0.335 e. The maximum absolute atomic E-state index is 13.0. The van der Waals surface area contributed by atoms with Gasteiger partial charge >= 0.3 is 5.97 Å². The minimum Gasteiger partial charge on any atom is -0.425 e. The molecule has 4 rings (SSSR count). The van der Waals surface area contributed by atoms with Crippen LogP contribution in [0.15, 0.2) is 48.5 Å². The van der Waals surface area contributed by atoms with Gasteiger partial charge in [-0.1, -0.05) is 0 Å². The van der Waals surface area contributed by atoms with Gasteiger partial charge in [0.1, 0.15) is 17.6 Å². The van der Waals surface area contributed by atoms with Crippen LogP contribution in [0.4, 0.5) is 4.39 Å².